The maximum Gasteiger partial charge on any atom is 0.204 e. The van der Waals surface area contributed by atoms with Gasteiger partial charge in [0.2, 0.25) is 5.95 Å². The van der Waals surface area contributed by atoms with Crippen molar-refractivity contribution in [2.75, 3.05) is 18.0 Å². The molecule has 5 heteroatoms. The monoisotopic (exact) mass is 303 g/mol. The predicted octanol–water partition coefficient (Wildman–Crippen LogP) is 3.87. The van der Waals surface area contributed by atoms with Crippen molar-refractivity contribution >= 4 is 34.1 Å². The van der Waals surface area contributed by atoms with E-state index in [9.17, 15) is 0 Å². The molecule has 1 N–H and O–H groups in total. The molecule has 1 rings (SSSR count). The average Bonchev–Trinajstić information content (AvgIpc) is 2.24. The highest BCUT2D eigenvalue weighted by atomic mass is 79.9. The third-order valence-electron chi connectivity index (χ3n) is 2.52. The van der Waals surface area contributed by atoms with Gasteiger partial charge in [-0.15, -0.1) is 0 Å². The zero-order valence-corrected chi connectivity index (χ0v) is 12.6. The van der Waals surface area contributed by atoms with Crippen molar-refractivity contribution in [3.05, 3.63) is 14.8 Å². The summed E-state index contributed by atoms with van der Waals surface area (Å²) < 4.78 is 1.54. The number of H-pyrrole nitrogens is 1. The Labute approximate surface area is 110 Å². The number of nitrogens with zero attached hydrogens (tertiary/aromatic N) is 2. The standard InChI is InChI=1S/C11H18BrN3S/c1-5-15(6-2)11-13-9(7(3)4)8(12)10(16)14-11/h7H,5-6H2,1-4H3,(H,13,14,16). The Balaban J connectivity index is 3.28. The number of halogens is 1. The highest BCUT2D eigenvalue weighted by Crippen LogP contribution is 2.25. The van der Waals surface area contributed by atoms with Gasteiger partial charge in [0, 0.05) is 18.8 Å². The van der Waals surface area contributed by atoms with Crippen molar-refractivity contribution in [2.45, 2.75) is 33.6 Å². The van der Waals surface area contributed by atoms with Crippen LogP contribution in [-0.2, 0) is 0 Å². The summed E-state index contributed by atoms with van der Waals surface area (Å²) >= 11 is 8.75. The van der Waals surface area contributed by atoms with Gasteiger partial charge in [0.05, 0.1) is 4.47 Å². The minimum absolute atomic E-state index is 0.397. The molecule has 0 unspecified atom stereocenters. The Morgan fingerprint density at radius 1 is 1.38 bits per heavy atom. The second-order valence-electron chi connectivity index (χ2n) is 3.92. The fourth-order valence-electron chi connectivity index (χ4n) is 1.53. The Morgan fingerprint density at radius 2 is 1.94 bits per heavy atom. The van der Waals surface area contributed by atoms with Gasteiger partial charge >= 0.3 is 0 Å². The molecule has 0 aromatic carbocycles. The van der Waals surface area contributed by atoms with Crippen molar-refractivity contribution in [3.63, 3.8) is 0 Å². The van der Waals surface area contributed by atoms with Crippen LogP contribution in [0.2, 0.25) is 0 Å². The van der Waals surface area contributed by atoms with Crippen LogP contribution >= 0.6 is 28.1 Å². The van der Waals surface area contributed by atoms with E-state index in [1.54, 1.807) is 0 Å². The Morgan fingerprint density at radius 3 is 2.38 bits per heavy atom. The first-order chi connectivity index (χ1) is 7.51. The van der Waals surface area contributed by atoms with E-state index >= 15 is 0 Å². The zero-order valence-electron chi connectivity index (χ0n) is 10.2. The van der Waals surface area contributed by atoms with E-state index in [1.165, 1.54) is 0 Å². The van der Waals surface area contributed by atoms with Crippen molar-refractivity contribution in [2.24, 2.45) is 0 Å². The van der Waals surface area contributed by atoms with Gasteiger partial charge < -0.3 is 9.88 Å². The van der Waals surface area contributed by atoms with Gasteiger partial charge in [-0.1, -0.05) is 26.1 Å². The van der Waals surface area contributed by atoms with Crippen LogP contribution in [0.25, 0.3) is 0 Å². The van der Waals surface area contributed by atoms with Crippen LogP contribution in [0.3, 0.4) is 0 Å². The van der Waals surface area contributed by atoms with Crippen LogP contribution in [0.4, 0.5) is 5.95 Å². The third-order valence-corrected chi connectivity index (χ3v) is 3.88. The SMILES string of the molecule is CCN(CC)c1nc(=S)c(Br)c(C(C)C)[nH]1. The first-order valence-corrected chi connectivity index (χ1v) is 6.76. The van der Waals surface area contributed by atoms with Crippen LogP contribution in [0.15, 0.2) is 4.47 Å². The quantitative estimate of drug-likeness (QED) is 0.857. The molecule has 0 fully saturated rings. The molecule has 0 aliphatic carbocycles. The normalized spacial score (nSPS) is 10.9. The van der Waals surface area contributed by atoms with E-state index in [0.717, 1.165) is 29.2 Å². The molecule has 1 aromatic heterocycles. The van der Waals surface area contributed by atoms with Crippen molar-refractivity contribution in [1.29, 1.82) is 0 Å². The van der Waals surface area contributed by atoms with E-state index < -0.39 is 0 Å². The van der Waals surface area contributed by atoms with Crippen molar-refractivity contribution in [1.82, 2.24) is 9.97 Å². The number of anilines is 1. The second kappa shape index (κ2) is 5.77. The fraction of sp³-hybridized carbons (Fsp3) is 0.636. The zero-order chi connectivity index (χ0) is 12.3. The van der Waals surface area contributed by atoms with Gasteiger partial charge in [-0.05, 0) is 35.7 Å². The lowest BCUT2D eigenvalue weighted by molar-refractivity contribution is 0.766. The smallest absolute Gasteiger partial charge is 0.204 e. The summed E-state index contributed by atoms with van der Waals surface area (Å²) in [6, 6.07) is 0. The second-order valence-corrected chi connectivity index (χ2v) is 5.10. The molecule has 1 heterocycles. The summed E-state index contributed by atoms with van der Waals surface area (Å²) in [6.45, 7) is 10.3. The maximum absolute atomic E-state index is 5.26. The molecule has 16 heavy (non-hydrogen) atoms. The molecular formula is C11H18BrN3S. The molecule has 0 atom stereocenters. The van der Waals surface area contributed by atoms with Gasteiger partial charge in [-0.2, -0.15) is 0 Å². The van der Waals surface area contributed by atoms with E-state index in [-0.39, 0.29) is 0 Å². The highest BCUT2D eigenvalue weighted by Gasteiger charge is 2.12. The molecule has 0 saturated heterocycles. The fourth-order valence-corrected chi connectivity index (χ4v) is 2.38. The molecule has 1 aromatic rings. The van der Waals surface area contributed by atoms with Crippen LogP contribution in [0, 0.1) is 4.64 Å². The molecule has 0 spiro atoms. The summed E-state index contributed by atoms with van der Waals surface area (Å²) in [5.74, 6) is 1.26. The van der Waals surface area contributed by atoms with E-state index in [2.05, 4.69) is 58.5 Å². The summed E-state index contributed by atoms with van der Waals surface area (Å²) in [5, 5.41) is 0. The Bertz CT molecular complexity index is 410. The molecule has 0 aliphatic rings. The molecule has 0 saturated carbocycles. The number of nitrogens with one attached hydrogen (secondary N) is 1. The minimum Gasteiger partial charge on any atom is -0.343 e. The largest absolute Gasteiger partial charge is 0.343 e. The van der Waals surface area contributed by atoms with Gasteiger partial charge in [-0.25, -0.2) is 4.98 Å². The Hall–Kier alpha value is -0.420. The number of aromatic nitrogens is 2. The molecule has 3 nitrogen and oxygen atoms in total. The molecule has 90 valence electrons. The van der Waals surface area contributed by atoms with Gasteiger partial charge in [0.25, 0.3) is 0 Å². The van der Waals surface area contributed by atoms with Crippen LogP contribution in [-0.4, -0.2) is 23.1 Å². The van der Waals surface area contributed by atoms with Gasteiger partial charge in [0.1, 0.15) is 4.64 Å². The van der Waals surface area contributed by atoms with Gasteiger partial charge in [-0.3, -0.25) is 0 Å². The molecule has 0 aliphatic heterocycles. The summed E-state index contributed by atoms with van der Waals surface area (Å²) in [5.41, 5.74) is 1.11. The summed E-state index contributed by atoms with van der Waals surface area (Å²) in [4.78, 5) is 9.91. The molecule has 0 radical (unpaired) electrons. The Kier molecular flexibility index (Phi) is 4.92. The summed E-state index contributed by atoms with van der Waals surface area (Å²) in [7, 11) is 0. The number of hydrogen-bond acceptors (Lipinski definition) is 3. The average molecular weight is 304 g/mol. The number of hydrogen-bond donors (Lipinski definition) is 1. The highest BCUT2D eigenvalue weighted by molar-refractivity contribution is 9.10. The minimum atomic E-state index is 0.397. The number of rotatable bonds is 4. The lowest BCUT2D eigenvalue weighted by Crippen LogP contribution is -2.24. The van der Waals surface area contributed by atoms with Crippen LogP contribution < -0.4 is 4.90 Å². The maximum atomic E-state index is 5.26. The van der Waals surface area contributed by atoms with Crippen molar-refractivity contribution < 1.29 is 0 Å². The summed E-state index contributed by atoms with van der Waals surface area (Å²) in [6.07, 6.45) is 0. The number of aromatic amines is 1. The predicted molar refractivity (Wildman–Crippen MR) is 74.8 cm³/mol. The topological polar surface area (TPSA) is 31.9 Å². The first-order valence-electron chi connectivity index (χ1n) is 5.55. The van der Waals surface area contributed by atoms with E-state index in [1.807, 2.05) is 0 Å². The van der Waals surface area contributed by atoms with E-state index in [4.69, 9.17) is 12.2 Å². The van der Waals surface area contributed by atoms with Crippen LogP contribution in [0.1, 0.15) is 39.3 Å². The molecule has 0 bridgehead atoms. The van der Waals surface area contributed by atoms with Crippen LogP contribution in [0.5, 0.6) is 0 Å². The molecule has 0 amide bonds. The van der Waals surface area contributed by atoms with E-state index in [0.29, 0.717) is 10.6 Å². The van der Waals surface area contributed by atoms with Crippen molar-refractivity contribution in [3.8, 4) is 0 Å². The third kappa shape index (κ3) is 2.83. The lowest BCUT2D eigenvalue weighted by atomic mass is 10.1. The lowest BCUT2D eigenvalue weighted by Gasteiger charge is -2.21. The first kappa shape index (κ1) is 13.6. The van der Waals surface area contributed by atoms with Gasteiger partial charge in [0.15, 0.2) is 0 Å². The molecular weight excluding hydrogens is 286 g/mol.